The van der Waals surface area contributed by atoms with Crippen LogP contribution in [-0.4, -0.2) is 82.3 Å². The maximum absolute atomic E-state index is 12.2. The number of carbonyl (C=O) groups excluding carboxylic acids is 1. The molecule has 6 rings (SSSR count). The molecule has 0 radical (unpaired) electrons. The number of amides is 1. The highest BCUT2D eigenvalue weighted by molar-refractivity contribution is 6.58. The van der Waals surface area contributed by atoms with E-state index in [9.17, 15) is 9.90 Å². The van der Waals surface area contributed by atoms with Crippen molar-refractivity contribution >= 4 is 34.1 Å². The van der Waals surface area contributed by atoms with Crippen LogP contribution < -0.4 is 0 Å². The number of aromatic nitrogens is 1. The molecular weight excluding hydrogens is 470 g/mol. The van der Waals surface area contributed by atoms with Crippen molar-refractivity contribution in [2.75, 3.05) is 39.3 Å². The SMILES string of the molecule is CC(C)(C)OC(=O)N1CC2(CN(CCO/N=C3/C(c4c(O)[nH]c5ccccc45)=Nc4ccccc43)C2)C1. The second-order valence-electron chi connectivity index (χ2n) is 11.2. The Morgan fingerprint density at radius 3 is 2.62 bits per heavy atom. The first-order valence-corrected chi connectivity index (χ1v) is 12.6. The van der Waals surface area contributed by atoms with Gasteiger partial charge in [0.05, 0.1) is 11.3 Å². The Bertz CT molecular complexity index is 1420. The number of carbonyl (C=O) groups is 1. The fourth-order valence-electron chi connectivity index (χ4n) is 5.47. The molecule has 9 nitrogen and oxygen atoms in total. The van der Waals surface area contributed by atoms with Crippen LogP contribution in [0.3, 0.4) is 0 Å². The first-order chi connectivity index (χ1) is 17.7. The molecule has 2 saturated heterocycles. The minimum atomic E-state index is -0.471. The van der Waals surface area contributed by atoms with Crippen molar-refractivity contribution < 1.29 is 19.5 Å². The molecule has 1 amide bonds. The number of aliphatic imine (C=N–C) groups is 1. The van der Waals surface area contributed by atoms with E-state index in [1.165, 1.54) is 0 Å². The predicted molar refractivity (Wildman–Crippen MR) is 142 cm³/mol. The van der Waals surface area contributed by atoms with Crippen LogP contribution in [0.25, 0.3) is 10.9 Å². The number of para-hydroxylation sites is 2. The standard InChI is InChI=1S/C28H31N5O4/c1-27(2,3)37-26(35)33-16-28(17-33)14-32(15-28)12-13-36-31-23-19-9-5-7-11-21(19)29-24(23)22-18-8-4-6-10-20(18)30-25(22)34/h4-11,30,34H,12-17H2,1-3H3/b31-23+. The van der Waals surface area contributed by atoms with Crippen molar-refractivity contribution in [2.45, 2.75) is 26.4 Å². The van der Waals surface area contributed by atoms with Crippen LogP contribution in [0, 0.1) is 5.41 Å². The minimum Gasteiger partial charge on any atom is -0.494 e. The number of H-pyrrole nitrogens is 1. The summed E-state index contributed by atoms with van der Waals surface area (Å²) in [5, 5.41) is 16.1. The number of rotatable bonds is 5. The van der Waals surface area contributed by atoms with E-state index in [2.05, 4.69) is 15.0 Å². The van der Waals surface area contributed by atoms with E-state index in [1.807, 2.05) is 69.3 Å². The molecule has 4 heterocycles. The Kier molecular flexibility index (Phi) is 5.49. The number of ether oxygens (including phenoxy) is 1. The zero-order valence-electron chi connectivity index (χ0n) is 21.3. The number of aromatic hydroxyl groups is 1. The zero-order chi connectivity index (χ0) is 25.8. The van der Waals surface area contributed by atoms with Gasteiger partial charge in [-0.2, -0.15) is 0 Å². The maximum Gasteiger partial charge on any atom is 0.410 e. The first kappa shape index (κ1) is 23.5. The molecule has 192 valence electrons. The fraction of sp³-hybridized carbons (Fsp3) is 0.393. The number of nitrogens with one attached hydrogen (secondary N) is 1. The molecule has 2 N–H and O–H groups in total. The molecule has 0 unspecified atom stereocenters. The number of likely N-dealkylation sites (tertiary alicyclic amines) is 2. The highest BCUT2D eigenvalue weighted by Gasteiger charge is 2.53. The van der Waals surface area contributed by atoms with Gasteiger partial charge in [0.2, 0.25) is 0 Å². The van der Waals surface area contributed by atoms with Crippen LogP contribution in [0.1, 0.15) is 31.9 Å². The average Bonchev–Trinajstić information content (AvgIpc) is 3.31. The summed E-state index contributed by atoms with van der Waals surface area (Å²) in [5.74, 6) is 0.0623. The summed E-state index contributed by atoms with van der Waals surface area (Å²) in [4.78, 5) is 29.9. The Labute approximate surface area is 215 Å². The van der Waals surface area contributed by atoms with Gasteiger partial charge in [0, 0.05) is 54.6 Å². The number of nitrogens with zero attached hydrogens (tertiary/aromatic N) is 4. The molecule has 0 atom stereocenters. The summed E-state index contributed by atoms with van der Waals surface area (Å²) in [6.07, 6.45) is -0.230. The highest BCUT2D eigenvalue weighted by atomic mass is 16.6. The van der Waals surface area contributed by atoms with Gasteiger partial charge in [-0.3, -0.25) is 4.90 Å². The molecule has 3 aliphatic rings. The van der Waals surface area contributed by atoms with Crippen molar-refractivity contribution in [2.24, 2.45) is 15.6 Å². The normalized spacial score (nSPS) is 19.5. The van der Waals surface area contributed by atoms with Gasteiger partial charge < -0.3 is 24.6 Å². The summed E-state index contributed by atoms with van der Waals surface area (Å²) in [5.41, 5.74) is 4.05. The molecule has 37 heavy (non-hydrogen) atoms. The first-order valence-electron chi connectivity index (χ1n) is 12.6. The number of aromatic amines is 1. The average molecular weight is 502 g/mol. The van der Waals surface area contributed by atoms with Crippen molar-refractivity contribution in [3.63, 3.8) is 0 Å². The van der Waals surface area contributed by atoms with Gasteiger partial charge in [0.25, 0.3) is 0 Å². The summed E-state index contributed by atoms with van der Waals surface area (Å²) in [6.45, 7) is 10.2. The molecule has 0 saturated carbocycles. The Morgan fingerprint density at radius 2 is 1.84 bits per heavy atom. The number of oxime groups is 1. The second-order valence-corrected chi connectivity index (χ2v) is 11.2. The van der Waals surface area contributed by atoms with E-state index in [-0.39, 0.29) is 17.4 Å². The van der Waals surface area contributed by atoms with Crippen LogP contribution in [0.15, 0.2) is 58.7 Å². The van der Waals surface area contributed by atoms with Crippen molar-refractivity contribution in [3.8, 4) is 5.88 Å². The van der Waals surface area contributed by atoms with Gasteiger partial charge >= 0.3 is 6.09 Å². The lowest BCUT2D eigenvalue weighted by molar-refractivity contribution is -0.116. The lowest BCUT2D eigenvalue weighted by Gasteiger charge is -2.59. The molecule has 3 aromatic rings. The molecule has 1 aromatic heterocycles. The van der Waals surface area contributed by atoms with Gasteiger partial charge in [-0.25, -0.2) is 9.79 Å². The summed E-state index contributed by atoms with van der Waals surface area (Å²) in [6, 6.07) is 15.5. The Morgan fingerprint density at radius 1 is 1.11 bits per heavy atom. The minimum absolute atomic E-state index is 0.0623. The van der Waals surface area contributed by atoms with Crippen molar-refractivity contribution in [1.82, 2.24) is 14.8 Å². The van der Waals surface area contributed by atoms with Crippen LogP contribution >= 0.6 is 0 Å². The third-order valence-electron chi connectivity index (χ3n) is 7.02. The van der Waals surface area contributed by atoms with Gasteiger partial charge in [-0.15, -0.1) is 0 Å². The molecule has 0 aliphatic carbocycles. The maximum atomic E-state index is 12.2. The van der Waals surface area contributed by atoms with Gasteiger partial charge in [0.1, 0.15) is 23.6 Å². The summed E-state index contributed by atoms with van der Waals surface area (Å²) in [7, 11) is 0. The van der Waals surface area contributed by atoms with Gasteiger partial charge in [-0.1, -0.05) is 41.6 Å². The predicted octanol–water partition coefficient (Wildman–Crippen LogP) is 4.28. The van der Waals surface area contributed by atoms with Crippen molar-refractivity contribution in [1.29, 1.82) is 0 Å². The summed E-state index contributed by atoms with van der Waals surface area (Å²) < 4.78 is 5.46. The van der Waals surface area contributed by atoms with E-state index >= 15 is 0 Å². The second kappa shape index (κ2) is 8.62. The summed E-state index contributed by atoms with van der Waals surface area (Å²) >= 11 is 0. The molecule has 2 fully saturated rings. The van der Waals surface area contributed by atoms with Crippen molar-refractivity contribution in [3.05, 3.63) is 59.7 Å². The van der Waals surface area contributed by atoms with Crippen LogP contribution in [-0.2, 0) is 9.57 Å². The number of benzene rings is 2. The van der Waals surface area contributed by atoms with Crippen LogP contribution in [0.5, 0.6) is 5.88 Å². The number of fused-ring (bicyclic) bond motifs is 2. The Balaban J connectivity index is 1.08. The Hall–Kier alpha value is -3.85. The smallest absolute Gasteiger partial charge is 0.410 e. The third-order valence-corrected chi connectivity index (χ3v) is 7.02. The highest BCUT2D eigenvalue weighted by Crippen LogP contribution is 2.40. The quantitative estimate of drug-likeness (QED) is 0.401. The molecule has 2 aromatic carbocycles. The topological polar surface area (TPSA) is 103 Å². The molecule has 3 aliphatic heterocycles. The molecular formula is C28H31N5O4. The zero-order valence-corrected chi connectivity index (χ0v) is 21.3. The number of hydrogen-bond donors (Lipinski definition) is 2. The fourth-order valence-corrected chi connectivity index (χ4v) is 5.47. The molecule has 9 heteroatoms. The van der Waals surface area contributed by atoms with Gasteiger partial charge in [0.15, 0.2) is 5.88 Å². The lowest BCUT2D eigenvalue weighted by atomic mass is 9.73. The molecule has 0 bridgehead atoms. The van der Waals surface area contributed by atoms with E-state index in [1.54, 1.807) is 4.90 Å². The van der Waals surface area contributed by atoms with E-state index in [4.69, 9.17) is 14.6 Å². The van der Waals surface area contributed by atoms with E-state index in [0.29, 0.717) is 23.6 Å². The van der Waals surface area contributed by atoms with E-state index in [0.717, 1.165) is 54.9 Å². The van der Waals surface area contributed by atoms with E-state index < -0.39 is 5.60 Å². The molecule has 1 spiro atoms. The third kappa shape index (κ3) is 4.33. The van der Waals surface area contributed by atoms with Crippen LogP contribution in [0.4, 0.5) is 10.5 Å². The largest absolute Gasteiger partial charge is 0.494 e. The van der Waals surface area contributed by atoms with Crippen LogP contribution in [0.2, 0.25) is 0 Å². The van der Waals surface area contributed by atoms with Gasteiger partial charge in [-0.05, 0) is 32.9 Å². The monoisotopic (exact) mass is 501 g/mol. The number of hydrogen-bond acceptors (Lipinski definition) is 7. The lowest BCUT2D eigenvalue weighted by Crippen LogP contribution is -2.73.